The summed E-state index contributed by atoms with van der Waals surface area (Å²) >= 11 is 1.40. The molecule has 1 N–H and O–H groups in total. The smallest absolute Gasteiger partial charge is 0.230 e. The van der Waals surface area contributed by atoms with Gasteiger partial charge in [-0.05, 0) is 31.4 Å². The van der Waals surface area contributed by atoms with Gasteiger partial charge in [-0.15, -0.1) is 5.10 Å². The fourth-order valence-corrected chi connectivity index (χ4v) is 4.91. The standard InChI is InChI=1S/C19H23FN4OS/c1-3-15-21-19-24(22-15)18(25)17(26-19)16(13-8-4-5-9-14(13)20)23-10-6-7-12(2)11-23/h4-5,8-9,12,16,25H,3,6-7,10-11H2,1-2H3/t12-,16+/m0/s1. The van der Waals surface area contributed by atoms with E-state index in [9.17, 15) is 9.50 Å². The highest BCUT2D eigenvalue weighted by molar-refractivity contribution is 7.17. The molecule has 0 aliphatic carbocycles. The van der Waals surface area contributed by atoms with Gasteiger partial charge in [-0.3, -0.25) is 4.90 Å². The van der Waals surface area contributed by atoms with Crippen molar-refractivity contribution in [3.05, 3.63) is 46.3 Å². The molecule has 1 fully saturated rings. The first-order chi connectivity index (χ1) is 12.6. The number of nitrogens with zero attached hydrogens (tertiary/aromatic N) is 4. The van der Waals surface area contributed by atoms with Crippen LogP contribution in [0.15, 0.2) is 24.3 Å². The van der Waals surface area contributed by atoms with E-state index in [4.69, 9.17) is 0 Å². The van der Waals surface area contributed by atoms with E-state index in [-0.39, 0.29) is 17.7 Å². The molecule has 0 saturated carbocycles. The molecule has 3 aromatic rings. The molecule has 2 aromatic heterocycles. The molecule has 4 rings (SSSR count). The molecule has 1 aliphatic rings. The number of fused-ring (bicyclic) bond motifs is 1. The highest BCUT2D eigenvalue weighted by atomic mass is 32.1. The number of thiazole rings is 1. The lowest BCUT2D eigenvalue weighted by Gasteiger charge is -2.37. The molecule has 7 heteroatoms. The topological polar surface area (TPSA) is 53.7 Å². The molecule has 0 amide bonds. The minimum Gasteiger partial charge on any atom is -0.492 e. The summed E-state index contributed by atoms with van der Waals surface area (Å²) in [6.07, 6.45) is 2.97. The van der Waals surface area contributed by atoms with Crippen molar-refractivity contribution < 1.29 is 9.50 Å². The summed E-state index contributed by atoms with van der Waals surface area (Å²) in [6, 6.07) is 6.52. The van der Waals surface area contributed by atoms with Crippen LogP contribution in [0.4, 0.5) is 4.39 Å². The Hall–Kier alpha value is -1.99. The van der Waals surface area contributed by atoms with Gasteiger partial charge in [0.2, 0.25) is 10.8 Å². The van der Waals surface area contributed by atoms with Crippen molar-refractivity contribution in [2.75, 3.05) is 13.1 Å². The van der Waals surface area contributed by atoms with Crippen LogP contribution in [-0.2, 0) is 6.42 Å². The van der Waals surface area contributed by atoms with Gasteiger partial charge in [0, 0.05) is 18.5 Å². The monoisotopic (exact) mass is 374 g/mol. The molecular formula is C19H23FN4OS. The summed E-state index contributed by atoms with van der Waals surface area (Å²) in [4.78, 5) is 8.11. The van der Waals surface area contributed by atoms with E-state index >= 15 is 0 Å². The van der Waals surface area contributed by atoms with E-state index < -0.39 is 0 Å². The summed E-state index contributed by atoms with van der Waals surface area (Å²) in [5, 5.41) is 15.2. The summed E-state index contributed by atoms with van der Waals surface area (Å²) in [6.45, 7) is 5.97. The van der Waals surface area contributed by atoms with Crippen LogP contribution in [0.25, 0.3) is 4.96 Å². The quantitative estimate of drug-likeness (QED) is 0.749. The number of aromatic nitrogens is 3. The largest absolute Gasteiger partial charge is 0.492 e. The zero-order valence-electron chi connectivity index (χ0n) is 15.0. The average Bonchev–Trinajstić information content (AvgIpc) is 3.17. The summed E-state index contributed by atoms with van der Waals surface area (Å²) < 4.78 is 16.2. The zero-order chi connectivity index (χ0) is 18.3. The first kappa shape index (κ1) is 17.4. The highest BCUT2D eigenvalue weighted by Crippen LogP contribution is 2.42. The maximum atomic E-state index is 14.7. The van der Waals surface area contributed by atoms with Crippen LogP contribution < -0.4 is 0 Å². The molecule has 0 unspecified atom stereocenters. The predicted molar refractivity (Wildman–Crippen MR) is 100 cm³/mol. The van der Waals surface area contributed by atoms with Crippen LogP contribution in [0.3, 0.4) is 0 Å². The van der Waals surface area contributed by atoms with Gasteiger partial charge < -0.3 is 5.11 Å². The molecular weight excluding hydrogens is 351 g/mol. The Bertz CT molecular complexity index is 922. The van der Waals surface area contributed by atoms with E-state index in [1.54, 1.807) is 6.07 Å². The van der Waals surface area contributed by atoms with E-state index in [0.717, 1.165) is 19.5 Å². The van der Waals surface area contributed by atoms with E-state index in [1.165, 1.54) is 28.3 Å². The van der Waals surface area contributed by atoms with Gasteiger partial charge in [-0.2, -0.15) is 4.52 Å². The third-order valence-electron chi connectivity index (χ3n) is 5.06. The normalized spacial score (nSPS) is 19.9. The van der Waals surface area contributed by atoms with Crippen LogP contribution >= 0.6 is 11.3 Å². The zero-order valence-corrected chi connectivity index (χ0v) is 15.8. The SMILES string of the molecule is CCc1nc2sc([C@@H](c3ccccc3F)N3CCC[C@H](C)C3)c(O)n2n1. The molecule has 1 aromatic carbocycles. The van der Waals surface area contributed by atoms with Gasteiger partial charge in [0.25, 0.3) is 0 Å². The second-order valence-electron chi connectivity index (χ2n) is 7.03. The van der Waals surface area contributed by atoms with Gasteiger partial charge >= 0.3 is 0 Å². The van der Waals surface area contributed by atoms with Gasteiger partial charge in [0.05, 0.1) is 10.9 Å². The fraction of sp³-hybridized carbons (Fsp3) is 0.474. The Morgan fingerprint density at radius 1 is 1.38 bits per heavy atom. The predicted octanol–water partition coefficient (Wildman–Crippen LogP) is 4.02. The maximum Gasteiger partial charge on any atom is 0.230 e. The molecule has 0 bridgehead atoms. The van der Waals surface area contributed by atoms with Crippen molar-refractivity contribution in [3.63, 3.8) is 0 Å². The number of hydrogen-bond donors (Lipinski definition) is 1. The minimum absolute atomic E-state index is 0.0729. The van der Waals surface area contributed by atoms with Crippen LogP contribution in [0.2, 0.25) is 0 Å². The van der Waals surface area contributed by atoms with Gasteiger partial charge in [-0.25, -0.2) is 9.37 Å². The molecule has 0 spiro atoms. The number of aryl methyl sites for hydroxylation is 1. The number of rotatable bonds is 4. The number of benzene rings is 1. The molecule has 26 heavy (non-hydrogen) atoms. The van der Waals surface area contributed by atoms with Crippen molar-refractivity contribution in [3.8, 4) is 5.88 Å². The Balaban J connectivity index is 1.84. The van der Waals surface area contributed by atoms with Crippen molar-refractivity contribution in [2.45, 2.75) is 39.2 Å². The number of halogens is 1. The number of piperidine rings is 1. The minimum atomic E-state index is -0.322. The third kappa shape index (κ3) is 2.99. The molecule has 2 atom stereocenters. The van der Waals surface area contributed by atoms with E-state index in [0.29, 0.717) is 33.6 Å². The molecule has 1 aliphatic heterocycles. The van der Waals surface area contributed by atoms with Gasteiger partial charge in [-0.1, -0.05) is 43.4 Å². The lowest BCUT2D eigenvalue weighted by molar-refractivity contribution is 0.147. The van der Waals surface area contributed by atoms with Crippen LogP contribution in [-0.4, -0.2) is 37.7 Å². The third-order valence-corrected chi connectivity index (χ3v) is 6.13. The van der Waals surface area contributed by atoms with E-state index in [1.807, 2.05) is 19.1 Å². The fourth-order valence-electron chi connectivity index (χ4n) is 3.78. The molecule has 1 saturated heterocycles. The number of aromatic hydroxyl groups is 1. The number of likely N-dealkylation sites (tertiary alicyclic amines) is 1. The summed E-state index contributed by atoms with van der Waals surface area (Å²) in [5.41, 5.74) is 0.595. The molecule has 0 radical (unpaired) electrons. The molecule has 5 nitrogen and oxygen atoms in total. The molecule has 3 heterocycles. The molecule has 138 valence electrons. The van der Waals surface area contributed by atoms with Crippen LogP contribution in [0, 0.1) is 11.7 Å². The van der Waals surface area contributed by atoms with Crippen LogP contribution in [0.1, 0.15) is 49.0 Å². The van der Waals surface area contributed by atoms with Crippen molar-refractivity contribution in [1.29, 1.82) is 0 Å². The van der Waals surface area contributed by atoms with Gasteiger partial charge in [0.15, 0.2) is 5.82 Å². The lowest BCUT2D eigenvalue weighted by atomic mass is 9.95. The van der Waals surface area contributed by atoms with Crippen molar-refractivity contribution in [2.24, 2.45) is 5.92 Å². The first-order valence-corrected chi connectivity index (χ1v) is 9.96. The Kier molecular flexibility index (Phi) is 4.67. The summed E-state index contributed by atoms with van der Waals surface area (Å²) in [7, 11) is 0. The second kappa shape index (κ2) is 6.96. The summed E-state index contributed by atoms with van der Waals surface area (Å²) in [5.74, 6) is 1.08. The van der Waals surface area contributed by atoms with Crippen LogP contribution in [0.5, 0.6) is 5.88 Å². The maximum absolute atomic E-state index is 14.7. The first-order valence-electron chi connectivity index (χ1n) is 9.14. The van der Waals surface area contributed by atoms with Gasteiger partial charge in [0.1, 0.15) is 5.82 Å². The Labute approximate surface area is 156 Å². The number of hydrogen-bond acceptors (Lipinski definition) is 5. The highest BCUT2D eigenvalue weighted by Gasteiger charge is 2.33. The Morgan fingerprint density at radius 2 is 2.19 bits per heavy atom. The Morgan fingerprint density at radius 3 is 2.88 bits per heavy atom. The van der Waals surface area contributed by atoms with E-state index in [2.05, 4.69) is 21.9 Å². The van der Waals surface area contributed by atoms with Crippen molar-refractivity contribution in [1.82, 2.24) is 19.5 Å². The second-order valence-corrected chi connectivity index (χ2v) is 8.04. The lowest BCUT2D eigenvalue weighted by Crippen LogP contribution is -2.38. The average molecular weight is 374 g/mol. The van der Waals surface area contributed by atoms with Crippen molar-refractivity contribution >= 4 is 16.3 Å².